The maximum Gasteiger partial charge on any atom is 0.0320 e. The fourth-order valence-corrected chi connectivity index (χ4v) is 2.16. The highest BCUT2D eigenvalue weighted by Crippen LogP contribution is 2.23. The van der Waals surface area contributed by atoms with E-state index in [1.165, 1.54) is 18.4 Å². The van der Waals surface area contributed by atoms with E-state index >= 15 is 0 Å². The lowest BCUT2D eigenvalue weighted by molar-refractivity contribution is 0.484. The van der Waals surface area contributed by atoms with Gasteiger partial charge in [0.15, 0.2) is 0 Å². The molecule has 1 N–H and O–H groups in total. The standard InChI is InChI=1S/C12H17Br2N/c1-3-10(4-2)15-8-9-5-6-11(13)12(14)7-9/h5-7,10,15H,3-4,8H2,1-2H3. The summed E-state index contributed by atoms with van der Waals surface area (Å²) in [6.07, 6.45) is 2.38. The zero-order valence-electron chi connectivity index (χ0n) is 9.19. The normalized spacial score (nSPS) is 11.0. The molecule has 15 heavy (non-hydrogen) atoms. The van der Waals surface area contributed by atoms with Crippen molar-refractivity contribution in [3.63, 3.8) is 0 Å². The average molecular weight is 335 g/mol. The Bertz CT molecular complexity index is 308. The van der Waals surface area contributed by atoms with Crippen LogP contribution in [0.5, 0.6) is 0 Å². The first-order valence-electron chi connectivity index (χ1n) is 5.34. The molecule has 1 nitrogen and oxygen atoms in total. The lowest BCUT2D eigenvalue weighted by Crippen LogP contribution is -2.26. The first-order chi connectivity index (χ1) is 7.17. The molecule has 0 aromatic heterocycles. The van der Waals surface area contributed by atoms with Crippen LogP contribution in [0.1, 0.15) is 32.3 Å². The maximum absolute atomic E-state index is 3.55. The molecule has 0 aliphatic heterocycles. The molecule has 0 spiro atoms. The van der Waals surface area contributed by atoms with Crippen LogP contribution < -0.4 is 5.32 Å². The van der Waals surface area contributed by atoms with Gasteiger partial charge >= 0.3 is 0 Å². The summed E-state index contributed by atoms with van der Waals surface area (Å²) in [6.45, 7) is 5.38. The van der Waals surface area contributed by atoms with Crippen molar-refractivity contribution in [2.75, 3.05) is 0 Å². The van der Waals surface area contributed by atoms with Gasteiger partial charge in [0.25, 0.3) is 0 Å². The molecule has 0 aliphatic carbocycles. The lowest BCUT2D eigenvalue weighted by atomic mass is 10.1. The Morgan fingerprint density at radius 2 is 1.80 bits per heavy atom. The van der Waals surface area contributed by atoms with Gasteiger partial charge in [0.1, 0.15) is 0 Å². The van der Waals surface area contributed by atoms with Crippen LogP contribution in [0, 0.1) is 0 Å². The summed E-state index contributed by atoms with van der Waals surface area (Å²) >= 11 is 6.98. The molecule has 1 aromatic carbocycles. The van der Waals surface area contributed by atoms with E-state index in [1.807, 2.05) is 0 Å². The minimum Gasteiger partial charge on any atom is -0.310 e. The summed E-state index contributed by atoms with van der Waals surface area (Å²) in [5, 5.41) is 3.55. The van der Waals surface area contributed by atoms with E-state index in [9.17, 15) is 0 Å². The van der Waals surface area contributed by atoms with Gasteiger partial charge < -0.3 is 5.32 Å². The van der Waals surface area contributed by atoms with Gasteiger partial charge in [-0.25, -0.2) is 0 Å². The molecule has 0 radical (unpaired) electrons. The predicted molar refractivity (Wildman–Crippen MR) is 73.1 cm³/mol. The molecule has 0 aliphatic rings. The van der Waals surface area contributed by atoms with E-state index in [0.717, 1.165) is 15.5 Å². The molecule has 0 fully saturated rings. The number of hydrogen-bond donors (Lipinski definition) is 1. The van der Waals surface area contributed by atoms with Crippen molar-refractivity contribution in [1.82, 2.24) is 5.32 Å². The molecular formula is C12H17Br2N. The molecule has 84 valence electrons. The van der Waals surface area contributed by atoms with Crippen LogP contribution in [-0.4, -0.2) is 6.04 Å². The fraction of sp³-hybridized carbons (Fsp3) is 0.500. The minimum absolute atomic E-state index is 0.632. The Balaban J connectivity index is 2.54. The minimum atomic E-state index is 0.632. The lowest BCUT2D eigenvalue weighted by Gasteiger charge is -2.14. The number of hydrogen-bond acceptors (Lipinski definition) is 1. The van der Waals surface area contributed by atoms with Crippen LogP contribution in [0.15, 0.2) is 27.1 Å². The quantitative estimate of drug-likeness (QED) is 0.836. The summed E-state index contributed by atoms with van der Waals surface area (Å²) in [4.78, 5) is 0. The first-order valence-corrected chi connectivity index (χ1v) is 6.93. The molecule has 1 aromatic rings. The van der Waals surface area contributed by atoms with E-state index in [4.69, 9.17) is 0 Å². The second kappa shape index (κ2) is 6.66. The molecular weight excluding hydrogens is 318 g/mol. The largest absolute Gasteiger partial charge is 0.310 e. The molecule has 0 bridgehead atoms. The van der Waals surface area contributed by atoms with Crippen molar-refractivity contribution in [1.29, 1.82) is 0 Å². The predicted octanol–water partition coefficient (Wildman–Crippen LogP) is 4.49. The van der Waals surface area contributed by atoms with Gasteiger partial charge in [0, 0.05) is 21.5 Å². The smallest absolute Gasteiger partial charge is 0.0320 e. The van der Waals surface area contributed by atoms with Crippen molar-refractivity contribution >= 4 is 31.9 Å². The molecule has 0 amide bonds. The van der Waals surface area contributed by atoms with Crippen molar-refractivity contribution in [2.45, 2.75) is 39.3 Å². The highest BCUT2D eigenvalue weighted by molar-refractivity contribution is 9.13. The summed E-state index contributed by atoms with van der Waals surface area (Å²) in [5.74, 6) is 0. The van der Waals surface area contributed by atoms with Gasteiger partial charge in [-0.3, -0.25) is 0 Å². The Hall–Kier alpha value is 0.140. The third-order valence-corrected chi connectivity index (χ3v) is 4.44. The SMILES string of the molecule is CCC(CC)NCc1ccc(Br)c(Br)c1. The van der Waals surface area contributed by atoms with Gasteiger partial charge in [0.2, 0.25) is 0 Å². The fourth-order valence-electron chi connectivity index (χ4n) is 1.49. The van der Waals surface area contributed by atoms with Gasteiger partial charge in [-0.15, -0.1) is 0 Å². The summed E-state index contributed by atoms with van der Waals surface area (Å²) in [7, 11) is 0. The van der Waals surface area contributed by atoms with Gasteiger partial charge in [0.05, 0.1) is 0 Å². The number of rotatable bonds is 5. The Kier molecular flexibility index (Phi) is 5.87. The van der Waals surface area contributed by atoms with Crippen LogP contribution in [0.25, 0.3) is 0 Å². The van der Waals surface area contributed by atoms with Gasteiger partial charge in [-0.1, -0.05) is 19.9 Å². The second-order valence-corrected chi connectivity index (χ2v) is 5.35. The van der Waals surface area contributed by atoms with Gasteiger partial charge in [-0.05, 0) is 62.4 Å². The van der Waals surface area contributed by atoms with E-state index in [0.29, 0.717) is 6.04 Å². The zero-order valence-corrected chi connectivity index (χ0v) is 12.4. The van der Waals surface area contributed by atoms with Crippen LogP contribution in [-0.2, 0) is 6.54 Å². The third-order valence-electron chi connectivity index (χ3n) is 2.56. The van der Waals surface area contributed by atoms with E-state index in [-0.39, 0.29) is 0 Å². The van der Waals surface area contributed by atoms with E-state index in [2.05, 4.69) is 69.2 Å². The molecule has 0 saturated heterocycles. The Labute approximate surface area is 109 Å². The molecule has 0 saturated carbocycles. The van der Waals surface area contributed by atoms with Crippen molar-refractivity contribution < 1.29 is 0 Å². The van der Waals surface area contributed by atoms with Crippen molar-refractivity contribution in [3.8, 4) is 0 Å². The second-order valence-electron chi connectivity index (χ2n) is 3.64. The highest BCUT2D eigenvalue weighted by atomic mass is 79.9. The molecule has 0 atom stereocenters. The van der Waals surface area contributed by atoms with Crippen LogP contribution >= 0.6 is 31.9 Å². The monoisotopic (exact) mass is 333 g/mol. The number of benzene rings is 1. The molecule has 3 heteroatoms. The van der Waals surface area contributed by atoms with E-state index < -0.39 is 0 Å². The van der Waals surface area contributed by atoms with Crippen molar-refractivity contribution in [2.24, 2.45) is 0 Å². The van der Waals surface area contributed by atoms with Crippen LogP contribution in [0.3, 0.4) is 0 Å². The Morgan fingerprint density at radius 1 is 1.13 bits per heavy atom. The topological polar surface area (TPSA) is 12.0 Å². The zero-order chi connectivity index (χ0) is 11.3. The average Bonchev–Trinajstić information content (AvgIpc) is 2.24. The highest BCUT2D eigenvalue weighted by Gasteiger charge is 2.03. The van der Waals surface area contributed by atoms with Crippen LogP contribution in [0.4, 0.5) is 0 Å². The van der Waals surface area contributed by atoms with E-state index in [1.54, 1.807) is 0 Å². The number of halogens is 2. The van der Waals surface area contributed by atoms with Gasteiger partial charge in [-0.2, -0.15) is 0 Å². The first kappa shape index (κ1) is 13.2. The maximum atomic E-state index is 3.55. The number of nitrogens with one attached hydrogen (secondary N) is 1. The summed E-state index contributed by atoms with van der Waals surface area (Å²) in [6, 6.07) is 7.00. The summed E-state index contributed by atoms with van der Waals surface area (Å²) in [5.41, 5.74) is 1.32. The molecule has 0 heterocycles. The van der Waals surface area contributed by atoms with Crippen molar-refractivity contribution in [3.05, 3.63) is 32.7 Å². The molecule has 0 unspecified atom stereocenters. The third kappa shape index (κ3) is 4.25. The van der Waals surface area contributed by atoms with Crippen LogP contribution in [0.2, 0.25) is 0 Å². The summed E-state index contributed by atoms with van der Waals surface area (Å²) < 4.78 is 2.22. The molecule has 1 rings (SSSR count). The Morgan fingerprint density at radius 3 is 2.33 bits per heavy atom.